The first kappa shape index (κ1) is 38.3. The second-order valence-electron chi connectivity index (χ2n) is 16.2. The minimum Gasteiger partial charge on any atom is -0.307 e. The summed E-state index contributed by atoms with van der Waals surface area (Å²) in [7, 11) is 0. The molecule has 0 saturated heterocycles. The van der Waals surface area contributed by atoms with Gasteiger partial charge >= 0.3 is 0 Å². The number of nitrogens with zero attached hydrogens (tertiary/aromatic N) is 7. The molecule has 66 heavy (non-hydrogen) atoms. The number of rotatable bonds is 7. The summed E-state index contributed by atoms with van der Waals surface area (Å²) >= 11 is 0. The summed E-state index contributed by atoms with van der Waals surface area (Å²) < 4.78 is 4.39. The molecule has 0 aliphatic rings. The van der Waals surface area contributed by atoms with Gasteiger partial charge in [0.15, 0.2) is 5.82 Å². The van der Waals surface area contributed by atoms with E-state index in [-0.39, 0.29) is 0 Å². The Kier molecular flexibility index (Phi) is 9.12. The number of fused-ring (bicyclic) bond motifs is 6. The van der Waals surface area contributed by atoms with E-state index in [9.17, 15) is 10.5 Å². The van der Waals surface area contributed by atoms with Crippen LogP contribution in [0.4, 0.5) is 0 Å². The average Bonchev–Trinajstić information content (AvgIpc) is 3.90. The molecule has 0 aliphatic carbocycles. The monoisotopic (exact) mass is 841 g/mol. The van der Waals surface area contributed by atoms with Crippen LogP contribution in [-0.4, -0.2) is 24.1 Å². The minimum atomic E-state index is 0.460. The molecule has 12 aromatic rings. The zero-order valence-corrected chi connectivity index (χ0v) is 35.3. The first-order valence-corrected chi connectivity index (χ1v) is 21.7. The Bertz CT molecular complexity index is 3710. The molecule has 4 heterocycles. The molecule has 0 N–H and O–H groups in total. The lowest BCUT2D eigenvalue weighted by Gasteiger charge is -2.18. The summed E-state index contributed by atoms with van der Waals surface area (Å²) in [4.78, 5) is 15.0. The largest absolute Gasteiger partial charge is 0.307 e. The van der Waals surface area contributed by atoms with Crippen LogP contribution in [0.3, 0.4) is 0 Å². The highest BCUT2D eigenvalue weighted by Crippen LogP contribution is 2.43. The normalized spacial score (nSPS) is 11.3. The summed E-state index contributed by atoms with van der Waals surface area (Å²) in [6.07, 6.45) is 3.49. The van der Waals surface area contributed by atoms with Crippen molar-refractivity contribution in [2.24, 2.45) is 0 Å². The molecule has 306 valence electrons. The summed E-state index contributed by atoms with van der Waals surface area (Å²) in [6, 6.07) is 73.0. The summed E-state index contributed by atoms with van der Waals surface area (Å²) in [5.41, 5.74) is 14.2. The molecule has 7 heteroatoms. The summed E-state index contributed by atoms with van der Waals surface area (Å²) in [5, 5.41) is 26.1. The maximum Gasteiger partial charge on any atom is 0.161 e. The van der Waals surface area contributed by atoms with Gasteiger partial charge in [-0.1, -0.05) is 133 Å². The maximum absolute atomic E-state index is 10.9. The van der Waals surface area contributed by atoms with Crippen LogP contribution < -0.4 is 0 Å². The van der Waals surface area contributed by atoms with Gasteiger partial charge in [-0.05, 0) is 89.0 Å². The van der Waals surface area contributed by atoms with Crippen LogP contribution in [0.25, 0.3) is 111 Å². The first-order valence-electron chi connectivity index (χ1n) is 21.7. The third kappa shape index (κ3) is 6.23. The van der Waals surface area contributed by atoms with Crippen LogP contribution in [0, 0.1) is 22.7 Å². The molecule has 0 radical (unpaired) electrons. The highest BCUT2D eigenvalue weighted by Gasteiger charge is 2.24. The van der Waals surface area contributed by atoms with Gasteiger partial charge in [-0.2, -0.15) is 10.5 Å². The van der Waals surface area contributed by atoms with Crippen LogP contribution in [0.1, 0.15) is 11.1 Å². The number of aromatic nitrogens is 5. The predicted octanol–water partition coefficient (Wildman–Crippen LogP) is 14.1. The Morgan fingerprint density at radius 2 is 0.818 bits per heavy atom. The second-order valence-corrected chi connectivity index (χ2v) is 16.2. The number of benzene rings is 8. The Labute approximate surface area is 380 Å². The van der Waals surface area contributed by atoms with E-state index in [1.165, 1.54) is 0 Å². The van der Waals surface area contributed by atoms with E-state index in [1.54, 1.807) is 12.4 Å². The van der Waals surface area contributed by atoms with Crippen LogP contribution in [0.5, 0.6) is 0 Å². The van der Waals surface area contributed by atoms with Crippen molar-refractivity contribution in [3.8, 4) is 79.7 Å². The molecule has 0 amide bonds. The summed E-state index contributed by atoms with van der Waals surface area (Å²) in [5.74, 6) is 0.460. The molecule has 0 aliphatic heterocycles. The van der Waals surface area contributed by atoms with Gasteiger partial charge in [0, 0.05) is 50.6 Å². The van der Waals surface area contributed by atoms with Gasteiger partial charge in [-0.15, -0.1) is 0 Å². The quantitative estimate of drug-likeness (QED) is 0.159. The molecule has 8 aromatic carbocycles. The molecule has 0 spiro atoms. The van der Waals surface area contributed by atoms with E-state index in [2.05, 4.69) is 148 Å². The maximum atomic E-state index is 10.9. The lowest BCUT2D eigenvalue weighted by molar-refractivity contribution is 1.13. The number of nitriles is 2. The number of hydrogen-bond donors (Lipinski definition) is 0. The van der Waals surface area contributed by atoms with Crippen molar-refractivity contribution in [1.29, 1.82) is 10.5 Å². The van der Waals surface area contributed by atoms with Gasteiger partial charge in [0.2, 0.25) is 0 Å². The van der Waals surface area contributed by atoms with Crippen molar-refractivity contribution in [3.05, 3.63) is 224 Å². The van der Waals surface area contributed by atoms with Crippen LogP contribution in [-0.2, 0) is 0 Å². The van der Waals surface area contributed by atoms with Crippen molar-refractivity contribution in [2.45, 2.75) is 0 Å². The van der Waals surface area contributed by atoms with E-state index in [0.717, 1.165) is 82.6 Å². The fourth-order valence-electron chi connectivity index (χ4n) is 9.56. The number of pyridine rings is 1. The van der Waals surface area contributed by atoms with E-state index >= 15 is 0 Å². The second kappa shape index (κ2) is 15.7. The molecule has 7 nitrogen and oxygen atoms in total. The minimum absolute atomic E-state index is 0.460. The third-order valence-corrected chi connectivity index (χ3v) is 12.5. The molecular formula is C59H35N7. The zero-order valence-electron chi connectivity index (χ0n) is 35.3. The van der Waals surface area contributed by atoms with Crippen molar-refractivity contribution < 1.29 is 0 Å². The van der Waals surface area contributed by atoms with Gasteiger partial charge in [-0.3, -0.25) is 4.98 Å². The molecule has 0 saturated carbocycles. The molecule has 0 bridgehead atoms. The zero-order chi connectivity index (χ0) is 44.1. The molecule has 12 rings (SSSR count). The van der Waals surface area contributed by atoms with E-state index in [0.29, 0.717) is 39.7 Å². The van der Waals surface area contributed by atoms with Gasteiger partial charge in [0.1, 0.15) is 12.1 Å². The van der Waals surface area contributed by atoms with E-state index in [4.69, 9.17) is 9.97 Å². The SMILES string of the molecule is N#Cc1cccc(-c2cc(-c3cccc(C#N)c3-n3c4ccccc4c4cc(-c5ccccc5)ccc43)nc(-c3cccnc3)n2)c1-n1c2ccccc2c2cc(-c3ccccc3)ccc21. The molecule has 0 unspecified atom stereocenters. The van der Waals surface area contributed by atoms with E-state index < -0.39 is 0 Å². The highest BCUT2D eigenvalue weighted by atomic mass is 15.0. The Hall–Kier alpha value is -9.43. The lowest BCUT2D eigenvalue weighted by atomic mass is 9.99. The van der Waals surface area contributed by atoms with Crippen molar-refractivity contribution in [2.75, 3.05) is 0 Å². The standard InChI is InChI=1S/C59H35N7/c60-35-42-18-11-23-47(57(42)65-53-25-9-7-21-45(53)49-32-40(27-29-55(49)65)38-14-3-1-4-15-38)51-34-52(64-59(63-51)44-20-13-31-62-37-44)48-24-12-19-43(36-61)58(48)66-54-26-10-8-22-46(54)50-33-41(28-30-56(50)66)39-16-5-2-6-17-39/h1-34,37H. The average molecular weight is 842 g/mol. The van der Waals surface area contributed by atoms with Gasteiger partial charge in [-0.25, -0.2) is 9.97 Å². The topological polar surface area (TPSA) is 96.1 Å². The number of para-hydroxylation sites is 4. The fourth-order valence-corrected chi connectivity index (χ4v) is 9.56. The van der Waals surface area contributed by atoms with Gasteiger partial charge in [0.05, 0.1) is 56.0 Å². The Balaban J connectivity index is 1.12. The van der Waals surface area contributed by atoms with E-state index in [1.807, 2.05) is 78.9 Å². The first-order chi connectivity index (χ1) is 32.7. The van der Waals surface area contributed by atoms with Crippen LogP contribution >= 0.6 is 0 Å². The Morgan fingerprint density at radius 3 is 1.29 bits per heavy atom. The lowest BCUT2D eigenvalue weighted by Crippen LogP contribution is -2.05. The smallest absolute Gasteiger partial charge is 0.161 e. The molecular weight excluding hydrogens is 807 g/mol. The van der Waals surface area contributed by atoms with Crippen LogP contribution in [0.2, 0.25) is 0 Å². The summed E-state index contributed by atoms with van der Waals surface area (Å²) in [6.45, 7) is 0. The fraction of sp³-hybridized carbons (Fsp3) is 0. The van der Waals surface area contributed by atoms with Crippen molar-refractivity contribution in [3.63, 3.8) is 0 Å². The molecule has 4 aromatic heterocycles. The van der Waals surface area contributed by atoms with Gasteiger partial charge in [0.25, 0.3) is 0 Å². The van der Waals surface area contributed by atoms with Crippen LogP contribution in [0.15, 0.2) is 213 Å². The van der Waals surface area contributed by atoms with Crippen molar-refractivity contribution >= 4 is 43.6 Å². The van der Waals surface area contributed by atoms with Gasteiger partial charge < -0.3 is 9.13 Å². The van der Waals surface area contributed by atoms with Crippen molar-refractivity contribution in [1.82, 2.24) is 24.1 Å². The number of hydrogen-bond acceptors (Lipinski definition) is 5. The molecule has 0 atom stereocenters. The highest BCUT2D eigenvalue weighted by molar-refractivity contribution is 6.12. The third-order valence-electron chi connectivity index (χ3n) is 12.5. The Morgan fingerprint density at radius 1 is 0.364 bits per heavy atom. The molecule has 0 fully saturated rings. The predicted molar refractivity (Wildman–Crippen MR) is 265 cm³/mol.